The maximum atomic E-state index is 12.9. The number of likely N-dealkylation sites (N-methyl/N-ethyl adjacent to an activating group) is 1. The molecule has 3 rings (SSSR count). The molecule has 134 valence electrons. The Bertz CT molecular complexity index is 890. The Labute approximate surface area is 156 Å². The van der Waals surface area contributed by atoms with Gasteiger partial charge in [-0.25, -0.2) is 4.98 Å². The number of hydrogen-bond donors (Lipinski definition) is 1. The molecule has 0 saturated heterocycles. The first-order valence-corrected chi connectivity index (χ1v) is 9.12. The standard InChI is InChI=1S/C20H20N2O3S/c1-20(14-8-4-3-5-9-14,19(24)25-13-17(23)21-2)12-18-22-15-10-6-7-11-16(15)26-18/h3-11H,12-13H2,1-2H3,(H,21,23)/t20-/m1/s1. The van der Waals surface area contributed by atoms with Gasteiger partial charge in [0.15, 0.2) is 6.61 Å². The number of thiazole rings is 1. The van der Waals surface area contributed by atoms with Crippen LogP contribution in [0.1, 0.15) is 17.5 Å². The summed E-state index contributed by atoms with van der Waals surface area (Å²) in [5, 5.41) is 3.31. The quantitative estimate of drug-likeness (QED) is 0.679. The molecule has 0 bridgehead atoms. The van der Waals surface area contributed by atoms with Crippen LogP contribution in [0.4, 0.5) is 0 Å². The number of ether oxygens (including phenoxy) is 1. The van der Waals surface area contributed by atoms with Gasteiger partial charge in [0.25, 0.3) is 5.91 Å². The van der Waals surface area contributed by atoms with E-state index in [2.05, 4.69) is 10.3 Å². The van der Waals surface area contributed by atoms with Crippen molar-refractivity contribution < 1.29 is 14.3 Å². The predicted molar refractivity (Wildman–Crippen MR) is 102 cm³/mol. The minimum atomic E-state index is -0.927. The van der Waals surface area contributed by atoms with Crippen LogP contribution >= 0.6 is 11.3 Å². The van der Waals surface area contributed by atoms with E-state index in [9.17, 15) is 9.59 Å². The number of benzene rings is 2. The Hall–Kier alpha value is -2.73. The highest BCUT2D eigenvalue weighted by Gasteiger charge is 2.38. The van der Waals surface area contributed by atoms with Gasteiger partial charge in [0.05, 0.1) is 20.6 Å². The zero-order chi connectivity index (χ0) is 18.6. The van der Waals surface area contributed by atoms with E-state index in [0.717, 1.165) is 20.8 Å². The molecular formula is C20H20N2O3S. The maximum absolute atomic E-state index is 12.9. The van der Waals surface area contributed by atoms with E-state index in [1.165, 1.54) is 7.05 Å². The topological polar surface area (TPSA) is 68.3 Å². The highest BCUT2D eigenvalue weighted by atomic mass is 32.1. The zero-order valence-corrected chi connectivity index (χ0v) is 15.5. The molecule has 0 aliphatic heterocycles. The van der Waals surface area contributed by atoms with Crippen LogP contribution in [0.2, 0.25) is 0 Å². The molecule has 1 heterocycles. The fourth-order valence-electron chi connectivity index (χ4n) is 2.76. The Kier molecular flexibility index (Phi) is 5.32. The second kappa shape index (κ2) is 7.66. The number of aromatic nitrogens is 1. The summed E-state index contributed by atoms with van der Waals surface area (Å²) >= 11 is 1.57. The number of hydrogen-bond acceptors (Lipinski definition) is 5. The number of carbonyl (C=O) groups excluding carboxylic acids is 2. The smallest absolute Gasteiger partial charge is 0.317 e. The summed E-state index contributed by atoms with van der Waals surface area (Å²) in [4.78, 5) is 29.0. The Balaban J connectivity index is 1.92. The molecule has 0 aliphatic rings. The van der Waals surface area contributed by atoms with Crippen LogP contribution in [0.15, 0.2) is 54.6 Å². The van der Waals surface area contributed by atoms with E-state index in [4.69, 9.17) is 4.74 Å². The van der Waals surface area contributed by atoms with Gasteiger partial charge >= 0.3 is 5.97 Å². The highest BCUT2D eigenvalue weighted by Crippen LogP contribution is 2.33. The SMILES string of the molecule is CNC(=O)COC(=O)[C@](C)(Cc1nc2ccccc2s1)c1ccccc1. The summed E-state index contributed by atoms with van der Waals surface area (Å²) in [5.74, 6) is -0.777. The Morgan fingerprint density at radius 1 is 1.12 bits per heavy atom. The first-order chi connectivity index (χ1) is 12.5. The minimum Gasteiger partial charge on any atom is -0.455 e. The molecule has 0 fully saturated rings. The lowest BCUT2D eigenvalue weighted by Gasteiger charge is -2.27. The summed E-state index contributed by atoms with van der Waals surface area (Å²) in [7, 11) is 1.51. The first kappa shape index (κ1) is 18.1. The van der Waals surface area contributed by atoms with Crippen LogP contribution in [0.5, 0.6) is 0 Å². The van der Waals surface area contributed by atoms with Crippen LogP contribution in [0.3, 0.4) is 0 Å². The van der Waals surface area contributed by atoms with E-state index in [-0.39, 0.29) is 12.5 Å². The number of nitrogens with zero attached hydrogens (tertiary/aromatic N) is 1. The molecule has 0 unspecified atom stereocenters. The van der Waals surface area contributed by atoms with E-state index in [1.54, 1.807) is 11.3 Å². The molecule has 3 aromatic rings. The van der Waals surface area contributed by atoms with Gasteiger partial charge in [-0.1, -0.05) is 42.5 Å². The van der Waals surface area contributed by atoms with E-state index in [1.807, 2.05) is 61.5 Å². The Morgan fingerprint density at radius 2 is 1.81 bits per heavy atom. The largest absolute Gasteiger partial charge is 0.455 e. The fraction of sp³-hybridized carbons (Fsp3) is 0.250. The van der Waals surface area contributed by atoms with Crippen LogP contribution in [-0.4, -0.2) is 30.5 Å². The van der Waals surface area contributed by atoms with Crippen LogP contribution in [-0.2, 0) is 26.2 Å². The monoisotopic (exact) mass is 368 g/mol. The van der Waals surface area contributed by atoms with Crippen LogP contribution in [0.25, 0.3) is 10.2 Å². The van der Waals surface area contributed by atoms with Gasteiger partial charge in [0.2, 0.25) is 0 Å². The third kappa shape index (κ3) is 3.75. The van der Waals surface area contributed by atoms with Gasteiger partial charge in [-0.15, -0.1) is 11.3 Å². The molecule has 1 amide bonds. The molecule has 0 spiro atoms. The van der Waals surface area contributed by atoms with E-state index in [0.29, 0.717) is 6.42 Å². The van der Waals surface area contributed by atoms with Crippen molar-refractivity contribution in [1.29, 1.82) is 0 Å². The predicted octanol–water partition coefficient (Wildman–Crippen LogP) is 3.09. The molecule has 1 N–H and O–H groups in total. The van der Waals surface area contributed by atoms with Crippen molar-refractivity contribution >= 4 is 33.4 Å². The van der Waals surface area contributed by atoms with Crippen molar-refractivity contribution in [3.8, 4) is 0 Å². The second-order valence-corrected chi connectivity index (χ2v) is 7.31. The minimum absolute atomic E-state index is 0.294. The number of fused-ring (bicyclic) bond motifs is 1. The van der Waals surface area contributed by atoms with E-state index < -0.39 is 11.4 Å². The van der Waals surface area contributed by atoms with Gasteiger partial charge in [0, 0.05) is 13.5 Å². The maximum Gasteiger partial charge on any atom is 0.317 e. The Morgan fingerprint density at radius 3 is 2.50 bits per heavy atom. The molecule has 6 heteroatoms. The molecule has 2 aromatic carbocycles. The summed E-state index contributed by atoms with van der Waals surface area (Å²) in [6.07, 6.45) is 0.406. The molecule has 1 aromatic heterocycles. The lowest BCUT2D eigenvalue weighted by atomic mass is 9.79. The van der Waals surface area contributed by atoms with Crippen molar-refractivity contribution in [2.24, 2.45) is 0 Å². The highest BCUT2D eigenvalue weighted by molar-refractivity contribution is 7.18. The van der Waals surface area contributed by atoms with Gasteiger partial charge in [0.1, 0.15) is 0 Å². The number of carbonyl (C=O) groups is 2. The normalized spacial score (nSPS) is 13.2. The van der Waals surface area contributed by atoms with Gasteiger partial charge < -0.3 is 10.1 Å². The van der Waals surface area contributed by atoms with Gasteiger partial charge in [-0.3, -0.25) is 9.59 Å². The first-order valence-electron chi connectivity index (χ1n) is 8.31. The second-order valence-electron chi connectivity index (χ2n) is 6.20. The lowest BCUT2D eigenvalue weighted by molar-refractivity contribution is -0.153. The third-order valence-electron chi connectivity index (χ3n) is 4.32. The summed E-state index contributed by atoms with van der Waals surface area (Å²) in [6, 6.07) is 17.4. The lowest BCUT2D eigenvalue weighted by Crippen LogP contribution is -2.38. The van der Waals surface area contributed by atoms with E-state index >= 15 is 0 Å². The molecule has 0 saturated carbocycles. The van der Waals surface area contributed by atoms with Crippen molar-refractivity contribution in [3.05, 3.63) is 65.2 Å². The average Bonchev–Trinajstić information content (AvgIpc) is 3.08. The van der Waals surface area contributed by atoms with Crippen molar-refractivity contribution in [1.82, 2.24) is 10.3 Å². The molecule has 0 aliphatic carbocycles. The molecule has 1 atom stereocenters. The number of amides is 1. The summed E-state index contributed by atoms with van der Waals surface area (Å²) < 4.78 is 6.37. The third-order valence-corrected chi connectivity index (χ3v) is 5.35. The molecular weight excluding hydrogens is 348 g/mol. The molecule has 26 heavy (non-hydrogen) atoms. The fourth-order valence-corrected chi connectivity index (χ4v) is 3.88. The van der Waals surface area contributed by atoms with Gasteiger partial charge in [-0.05, 0) is 24.6 Å². The summed E-state index contributed by atoms with van der Waals surface area (Å²) in [5.41, 5.74) is 0.825. The number of para-hydroxylation sites is 1. The van der Waals surface area contributed by atoms with Crippen LogP contribution < -0.4 is 5.32 Å². The molecule has 0 radical (unpaired) electrons. The van der Waals surface area contributed by atoms with Crippen molar-refractivity contribution in [3.63, 3.8) is 0 Å². The molecule has 5 nitrogen and oxygen atoms in total. The van der Waals surface area contributed by atoms with Gasteiger partial charge in [-0.2, -0.15) is 0 Å². The average molecular weight is 368 g/mol. The number of esters is 1. The number of rotatable bonds is 6. The van der Waals surface area contributed by atoms with Crippen molar-refractivity contribution in [2.45, 2.75) is 18.8 Å². The van der Waals surface area contributed by atoms with Crippen LogP contribution in [0, 0.1) is 0 Å². The van der Waals surface area contributed by atoms with Crippen molar-refractivity contribution in [2.75, 3.05) is 13.7 Å². The summed E-state index contributed by atoms with van der Waals surface area (Å²) in [6.45, 7) is 1.54. The number of nitrogens with one attached hydrogen (secondary N) is 1. The zero-order valence-electron chi connectivity index (χ0n) is 14.7.